The number of aryl methyl sites for hydroxylation is 1. The third kappa shape index (κ3) is 3.39. The SMILES string of the molecule is Cc1ccc(-n2cnnn2)cc1NCC1CCCN(C)C1. The Hall–Kier alpha value is -1.95. The number of benzene rings is 1. The highest BCUT2D eigenvalue weighted by Crippen LogP contribution is 2.21. The number of aromatic nitrogens is 4. The monoisotopic (exact) mass is 286 g/mol. The van der Waals surface area contributed by atoms with Crippen molar-refractivity contribution in [3.8, 4) is 5.69 Å². The van der Waals surface area contributed by atoms with Gasteiger partial charge in [-0.1, -0.05) is 6.07 Å². The van der Waals surface area contributed by atoms with E-state index in [1.54, 1.807) is 11.0 Å². The first-order valence-electron chi connectivity index (χ1n) is 7.49. The van der Waals surface area contributed by atoms with Gasteiger partial charge >= 0.3 is 0 Å². The van der Waals surface area contributed by atoms with Crippen LogP contribution in [-0.2, 0) is 0 Å². The summed E-state index contributed by atoms with van der Waals surface area (Å²) in [4.78, 5) is 2.42. The second-order valence-electron chi connectivity index (χ2n) is 5.91. The van der Waals surface area contributed by atoms with Gasteiger partial charge < -0.3 is 10.2 Å². The Bertz CT molecular complexity index is 580. The highest BCUT2D eigenvalue weighted by Gasteiger charge is 2.17. The second-order valence-corrected chi connectivity index (χ2v) is 5.91. The lowest BCUT2D eigenvalue weighted by Gasteiger charge is -2.30. The maximum Gasteiger partial charge on any atom is 0.143 e. The van der Waals surface area contributed by atoms with Crippen molar-refractivity contribution >= 4 is 5.69 Å². The van der Waals surface area contributed by atoms with Crippen LogP contribution in [-0.4, -0.2) is 51.8 Å². The first-order valence-corrected chi connectivity index (χ1v) is 7.49. The van der Waals surface area contributed by atoms with Crippen molar-refractivity contribution < 1.29 is 0 Å². The third-order valence-electron chi connectivity index (χ3n) is 4.14. The van der Waals surface area contributed by atoms with Crippen LogP contribution in [0.25, 0.3) is 5.69 Å². The minimum atomic E-state index is 0.722. The van der Waals surface area contributed by atoms with Crippen molar-refractivity contribution in [2.45, 2.75) is 19.8 Å². The van der Waals surface area contributed by atoms with E-state index in [0.717, 1.165) is 23.8 Å². The van der Waals surface area contributed by atoms with Crippen LogP contribution in [0, 0.1) is 12.8 Å². The molecule has 0 radical (unpaired) electrons. The molecule has 1 aromatic heterocycles. The van der Waals surface area contributed by atoms with Gasteiger partial charge in [0.05, 0.1) is 5.69 Å². The molecule has 0 aliphatic carbocycles. The van der Waals surface area contributed by atoms with E-state index in [0.29, 0.717) is 0 Å². The highest BCUT2D eigenvalue weighted by atomic mass is 15.5. The van der Waals surface area contributed by atoms with Crippen LogP contribution >= 0.6 is 0 Å². The minimum absolute atomic E-state index is 0.722. The van der Waals surface area contributed by atoms with Crippen LogP contribution in [0.1, 0.15) is 18.4 Å². The van der Waals surface area contributed by atoms with Crippen molar-refractivity contribution in [3.05, 3.63) is 30.1 Å². The summed E-state index contributed by atoms with van der Waals surface area (Å²) in [5.41, 5.74) is 3.39. The molecule has 1 N–H and O–H groups in total. The molecule has 6 heteroatoms. The quantitative estimate of drug-likeness (QED) is 0.927. The van der Waals surface area contributed by atoms with Crippen LogP contribution in [0.3, 0.4) is 0 Å². The number of likely N-dealkylation sites (tertiary alicyclic amines) is 1. The summed E-state index contributed by atoms with van der Waals surface area (Å²) in [6.45, 7) is 5.55. The summed E-state index contributed by atoms with van der Waals surface area (Å²) in [5.74, 6) is 0.722. The predicted molar refractivity (Wildman–Crippen MR) is 82.6 cm³/mol. The molecule has 1 atom stereocenters. The van der Waals surface area contributed by atoms with E-state index in [1.807, 2.05) is 6.07 Å². The molecular weight excluding hydrogens is 264 g/mol. The van der Waals surface area contributed by atoms with Crippen molar-refractivity contribution in [3.63, 3.8) is 0 Å². The number of hydrogen-bond acceptors (Lipinski definition) is 5. The number of piperidine rings is 1. The predicted octanol–water partition coefficient (Wildman–Crippen LogP) is 1.72. The molecule has 21 heavy (non-hydrogen) atoms. The smallest absolute Gasteiger partial charge is 0.143 e. The molecule has 0 saturated carbocycles. The Morgan fingerprint density at radius 1 is 1.38 bits per heavy atom. The fourth-order valence-electron chi connectivity index (χ4n) is 2.92. The van der Waals surface area contributed by atoms with E-state index in [4.69, 9.17) is 0 Å². The fraction of sp³-hybridized carbons (Fsp3) is 0.533. The Morgan fingerprint density at radius 3 is 3.05 bits per heavy atom. The first kappa shape index (κ1) is 14.0. The maximum atomic E-state index is 3.94. The number of tetrazole rings is 1. The van der Waals surface area contributed by atoms with Gasteiger partial charge in [0.15, 0.2) is 0 Å². The molecule has 2 aromatic rings. The molecular formula is C15H22N6. The molecule has 6 nitrogen and oxygen atoms in total. The zero-order valence-electron chi connectivity index (χ0n) is 12.7. The highest BCUT2D eigenvalue weighted by molar-refractivity contribution is 5.56. The van der Waals surface area contributed by atoms with E-state index in [1.165, 1.54) is 31.5 Å². The van der Waals surface area contributed by atoms with Gasteiger partial charge in [-0.25, -0.2) is 4.68 Å². The zero-order valence-corrected chi connectivity index (χ0v) is 12.7. The van der Waals surface area contributed by atoms with Gasteiger partial charge in [-0.15, -0.1) is 5.10 Å². The van der Waals surface area contributed by atoms with Gasteiger partial charge in [0, 0.05) is 18.8 Å². The van der Waals surface area contributed by atoms with Gasteiger partial charge in [0.1, 0.15) is 6.33 Å². The van der Waals surface area contributed by atoms with E-state index in [-0.39, 0.29) is 0 Å². The second kappa shape index (κ2) is 6.22. The van der Waals surface area contributed by atoms with E-state index < -0.39 is 0 Å². The van der Waals surface area contributed by atoms with E-state index in [9.17, 15) is 0 Å². The lowest BCUT2D eigenvalue weighted by atomic mass is 9.98. The fourth-order valence-corrected chi connectivity index (χ4v) is 2.92. The molecule has 0 bridgehead atoms. The van der Waals surface area contributed by atoms with Crippen LogP contribution < -0.4 is 5.32 Å². The minimum Gasteiger partial charge on any atom is -0.384 e. The van der Waals surface area contributed by atoms with Gasteiger partial charge in [0.25, 0.3) is 0 Å². The molecule has 2 heterocycles. The van der Waals surface area contributed by atoms with Gasteiger partial charge in [-0.2, -0.15) is 0 Å². The van der Waals surface area contributed by atoms with Crippen molar-refractivity contribution in [1.82, 2.24) is 25.1 Å². The maximum absolute atomic E-state index is 3.94. The van der Waals surface area contributed by atoms with Crippen LogP contribution in [0.4, 0.5) is 5.69 Å². The lowest BCUT2D eigenvalue weighted by molar-refractivity contribution is 0.217. The average molecular weight is 286 g/mol. The standard InChI is InChI=1S/C15H22N6/c1-12-5-6-14(21-11-17-18-19-21)8-15(12)16-9-13-4-3-7-20(2)10-13/h5-6,8,11,13,16H,3-4,7,9-10H2,1-2H3. The number of rotatable bonds is 4. The molecule has 3 rings (SSSR count). The summed E-state index contributed by atoms with van der Waals surface area (Å²) in [6, 6.07) is 6.25. The zero-order chi connectivity index (χ0) is 14.7. The Balaban J connectivity index is 1.68. The van der Waals surface area contributed by atoms with Crippen LogP contribution in [0.15, 0.2) is 24.5 Å². The largest absolute Gasteiger partial charge is 0.384 e. The summed E-state index contributed by atoms with van der Waals surface area (Å²) in [7, 11) is 2.20. The summed E-state index contributed by atoms with van der Waals surface area (Å²) in [5, 5.41) is 14.9. The molecule has 1 aliphatic rings. The van der Waals surface area contributed by atoms with Gasteiger partial charge in [0.2, 0.25) is 0 Å². The topological polar surface area (TPSA) is 58.9 Å². The molecule has 0 spiro atoms. The molecule has 0 amide bonds. The van der Waals surface area contributed by atoms with Crippen molar-refractivity contribution in [1.29, 1.82) is 0 Å². The molecule has 1 aliphatic heterocycles. The molecule has 1 fully saturated rings. The molecule has 1 unspecified atom stereocenters. The Kier molecular flexibility index (Phi) is 4.15. The van der Waals surface area contributed by atoms with Crippen molar-refractivity contribution in [2.24, 2.45) is 5.92 Å². The van der Waals surface area contributed by atoms with E-state index in [2.05, 4.69) is 51.8 Å². The number of hydrogen-bond donors (Lipinski definition) is 1. The summed E-state index contributed by atoms with van der Waals surface area (Å²) < 4.78 is 1.68. The summed E-state index contributed by atoms with van der Waals surface area (Å²) in [6.07, 6.45) is 4.22. The van der Waals surface area contributed by atoms with Crippen LogP contribution in [0.5, 0.6) is 0 Å². The normalized spacial score (nSPS) is 19.6. The third-order valence-corrected chi connectivity index (χ3v) is 4.14. The average Bonchev–Trinajstić information content (AvgIpc) is 3.01. The molecule has 1 saturated heterocycles. The van der Waals surface area contributed by atoms with E-state index >= 15 is 0 Å². The molecule has 112 valence electrons. The van der Waals surface area contributed by atoms with Crippen LogP contribution in [0.2, 0.25) is 0 Å². The number of nitrogens with zero attached hydrogens (tertiary/aromatic N) is 5. The Labute approximate surface area is 125 Å². The number of nitrogens with one attached hydrogen (secondary N) is 1. The lowest BCUT2D eigenvalue weighted by Crippen LogP contribution is -2.35. The van der Waals surface area contributed by atoms with Gasteiger partial charge in [-0.05, 0) is 67.4 Å². The molecule has 1 aromatic carbocycles. The number of anilines is 1. The Morgan fingerprint density at radius 2 is 2.29 bits per heavy atom. The van der Waals surface area contributed by atoms with Gasteiger partial charge in [-0.3, -0.25) is 0 Å². The summed E-state index contributed by atoms with van der Waals surface area (Å²) >= 11 is 0. The van der Waals surface area contributed by atoms with Crippen molar-refractivity contribution in [2.75, 3.05) is 32.0 Å². The first-order chi connectivity index (χ1) is 10.2.